The van der Waals surface area contributed by atoms with E-state index in [1.165, 1.54) is 19.3 Å². The number of hydrogen-bond donors (Lipinski definition) is 1. The molecule has 1 heteroatoms. The highest BCUT2D eigenvalue weighted by Crippen LogP contribution is 2.44. The number of nitrogens with two attached hydrogens (primary N) is 1. The molecule has 0 radical (unpaired) electrons. The SMILES string of the molecule is C/C=C\[C@H](C)[C@H](C)CC[C@H]1CC1(C)N. The van der Waals surface area contributed by atoms with E-state index in [4.69, 9.17) is 5.73 Å². The van der Waals surface area contributed by atoms with E-state index in [9.17, 15) is 0 Å². The van der Waals surface area contributed by atoms with Crippen molar-refractivity contribution in [3.05, 3.63) is 12.2 Å². The normalized spacial score (nSPS) is 35.9. The summed E-state index contributed by atoms with van der Waals surface area (Å²) in [5, 5.41) is 0. The molecule has 1 unspecified atom stereocenters. The van der Waals surface area contributed by atoms with Gasteiger partial charge in [-0.3, -0.25) is 0 Å². The van der Waals surface area contributed by atoms with Crippen molar-refractivity contribution >= 4 is 0 Å². The second kappa shape index (κ2) is 4.48. The van der Waals surface area contributed by atoms with Gasteiger partial charge in [0.1, 0.15) is 0 Å². The van der Waals surface area contributed by atoms with Crippen LogP contribution in [0, 0.1) is 17.8 Å². The summed E-state index contributed by atoms with van der Waals surface area (Å²) in [7, 11) is 0. The van der Waals surface area contributed by atoms with Gasteiger partial charge in [0.2, 0.25) is 0 Å². The van der Waals surface area contributed by atoms with Crippen molar-refractivity contribution in [2.24, 2.45) is 23.5 Å². The molecule has 1 aliphatic rings. The third-order valence-corrected chi connectivity index (χ3v) is 3.82. The zero-order valence-electron chi connectivity index (χ0n) is 10.1. The second-order valence-corrected chi connectivity index (χ2v) is 5.35. The van der Waals surface area contributed by atoms with Crippen LogP contribution in [-0.4, -0.2) is 5.54 Å². The van der Waals surface area contributed by atoms with E-state index in [0.29, 0.717) is 5.92 Å². The van der Waals surface area contributed by atoms with Gasteiger partial charge in [-0.05, 0) is 50.9 Å². The quantitative estimate of drug-likeness (QED) is 0.669. The van der Waals surface area contributed by atoms with Gasteiger partial charge in [0.05, 0.1) is 0 Å². The van der Waals surface area contributed by atoms with E-state index in [-0.39, 0.29) is 5.54 Å². The molecular formula is C13H25N. The van der Waals surface area contributed by atoms with E-state index < -0.39 is 0 Å². The monoisotopic (exact) mass is 195 g/mol. The first kappa shape index (κ1) is 11.8. The van der Waals surface area contributed by atoms with Gasteiger partial charge in [-0.2, -0.15) is 0 Å². The third-order valence-electron chi connectivity index (χ3n) is 3.82. The molecule has 2 N–H and O–H groups in total. The number of allylic oxidation sites excluding steroid dienone is 2. The lowest BCUT2D eigenvalue weighted by atomic mass is 9.90. The van der Waals surface area contributed by atoms with E-state index in [2.05, 4.69) is 39.8 Å². The van der Waals surface area contributed by atoms with Crippen molar-refractivity contribution < 1.29 is 0 Å². The van der Waals surface area contributed by atoms with Gasteiger partial charge in [0.25, 0.3) is 0 Å². The minimum Gasteiger partial charge on any atom is -0.325 e. The first-order chi connectivity index (χ1) is 6.47. The van der Waals surface area contributed by atoms with Crippen LogP contribution >= 0.6 is 0 Å². The molecule has 4 atom stereocenters. The number of hydrogen-bond acceptors (Lipinski definition) is 1. The summed E-state index contributed by atoms with van der Waals surface area (Å²) >= 11 is 0. The molecule has 0 saturated heterocycles. The van der Waals surface area contributed by atoms with Crippen molar-refractivity contribution in [1.82, 2.24) is 0 Å². The molecule has 1 rings (SSSR count). The Hall–Kier alpha value is -0.300. The summed E-state index contributed by atoms with van der Waals surface area (Å²) in [6.07, 6.45) is 8.33. The molecule has 82 valence electrons. The lowest BCUT2D eigenvalue weighted by Crippen LogP contribution is -2.20. The Morgan fingerprint density at radius 1 is 1.50 bits per heavy atom. The van der Waals surface area contributed by atoms with E-state index in [1.807, 2.05) is 0 Å². The minimum absolute atomic E-state index is 0.170. The fraction of sp³-hybridized carbons (Fsp3) is 0.846. The Bertz CT molecular complexity index is 205. The van der Waals surface area contributed by atoms with Gasteiger partial charge in [0.15, 0.2) is 0 Å². The van der Waals surface area contributed by atoms with Crippen LogP contribution in [0.15, 0.2) is 12.2 Å². The molecule has 0 aliphatic heterocycles. The Labute approximate surface area is 88.8 Å². The molecule has 0 spiro atoms. The average Bonchev–Trinajstić information content (AvgIpc) is 2.70. The smallest absolute Gasteiger partial charge is 0.0158 e. The molecule has 14 heavy (non-hydrogen) atoms. The maximum absolute atomic E-state index is 6.02. The van der Waals surface area contributed by atoms with Crippen molar-refractivity contribution in [1.29, 1.82) is 0 Å². The lowest BCUT2D eigenvalue weighted by molar-refractivity contribution is 0.396. The Morgan fingerprint density at radius 3 is 2.50 bits per heavy atom. The molecular weight excluding hydrogens is 170 g/mol. The largest absolute Gasteiger partial charge is 0.325 e. The second-order valence-electron chi connectivity index (χ2n) is 5.35. The molecule has 0 amide bonds. The summed E-state index contributed by atoms with van der Waals surface area (Å²) in [6, 6.07) is 0. The molecule has 1 saturated carbocycles. The van der Waals surface area contributed by atoms with Crippen molar-refractivity contribution in [3.63, 3.8) is 0 Å². The number of rotatable bonds is 5. The summed E-state index contributed by atoms with van der Waals surface area (Å²) in [5.41, 5.74) is 6.19. The van der Waals surface area contributed by atoms with E-state index >= 15 is 0 Å². The van der Waals surface area contributed by atoms with Crippen molar-refractivity contribution in [2.45, 2.75) is 52.5 Å². The summed E-state index contributed by atoms with van der Waals surface area (Å²) in [4.78, 5) is 0. The standard InChI is InChI=1S/C13H25N/c1-5-6-10(2)11(3)7-8-12-9-13(12,4)14/h5-6,10-12H,7-9,14H2,1-4H3/b6-5-/t10-,11+,12-,13?/m0/s1. The maximum atomic E-state index is 6.02. The Morgan fingerprint density at radius 2 is 2.07 bits per heavy atom. The molecule has 1 nitrogen and oxygen atoms in total. The van der Waals surface area contributed by atoms with Gasteiger partial charge < -0.3 is 5.73 Å². The van der Waals surface area contributed by atoms with Crippen LogP contribution in [0.4, 0.5) is 0 Å². The zero-order valence-corrected chi connectivity index (χ0v) is 10.1. The Kier molecular flexibility index (Phi) is 3.77. The zero-order chi connectivity index (χ0) is 10.8. The third kappa shape index (κ3) is 3.13. The average molecular weight is 195 g/mol. The van der Waals surface area contributed by atoms with Crippen LogP contribution in [0.5, 0.6) is 0 Å². The first-order valence-electron chi connectivity index (χ1n) is 5.89. The topological polar surface area (TPSA) is 26.0 Å². The maximum Gasteiger partial charge on any atom is 0.0158 e. The van der Waals surface area contributed by atoms with Crippen molar-refractivity contribution in [2.75, 3.05) is 0 Å². The van der Waals surface area contributed by atoms with Crippen LogP contribution in [0.3, 0.4) is 0 Å². The summed E-state index contributed by atoms with van der Waals surface area (Å²) in [6.45, 7) is 8.93. The molecule has 0 aromatic carbocycles. The fourth-order valence-corrected chi connectivity index (χ4v) is 2.12. The predicted octanol–water partition coefficient (Wildman–Crippen LogP) is 3.35. The van der Waals surface area contributed by atoms with E-state index in [0.717, 1.165) is 11.8 Å². The minimum atomic E-state index is 0.170. The lowest BCUT2D eigenvalue weighted by Gasteiger charge is -2.16. The summed E-state index contributed by atoms with van der Waals surface area (Å²) < 4.78 is 0. The molecule has 0 heterocycles. The highest BCUT2D eigenvalue weighted by molar-refractivity contribution is 5.04. The van der Waals surface area contributed by atoms with Crippen molar-refractivity contribution in [3.8, 4) is 0 Å². The van der Waals surface area contributed by atoms with Crippen LogP contribution in [0.2, 0.25) is 0 Å². The van der Waals surface area contributed by atoms with Gasteiger partial charge in [0, 0.05) is 5.54 Å². The molecule has 1 aliphatic carbocycles. The highest BCUT2D eigenvalue weighted by atomic mass is 14.8. The van der Waals surface area contributed by atoms with Crippen LogP contribution in [-0.2, 0) is 0 Å². The van der Waals surface area contributed by atoms with Gasteiger partial charge >= 0.3 is 0 Å². The molecule has 0 aromatic rings. The van der Waals surface area contributed by atoms with Gasteiger partial charge in [-0.25, -0.2) is 0 Å². The molecule has 0 aromatic heterocycles. The summed E-state index contributed by atoms with van der Waals surface area (Å²) in [5.74, 6) is 2.30. The van der Waals surface area contributed by atoms with Crippen LogP contribution in [0.25, 0.3) is 0 Å². The molecule has 1 fully saturated rings. The first-order valence-corrected chi connectivity index (χ1v) is 5.89. The Balaban J connectivity index is 2.18. The van der Waals surface area contributed by atoms with Gasteiger partial charge in [-0.1, -0.05) is 26.0 Å². The highest BCUT2D eigenvalue weighted by Gasteiger charge is 2.45. The van der Waals surface area contributed by atoms with Gasteiger partial charge in [-0.15, -0.1) is 0 Å². The molecule has 0 bridgehead atoms. The van der Waals surface area contributed by atoms with Crippen LogP contribution in [0.1, 0.15) is 47.0 Å². The predicted molar refractivity (Wildman–Crippen MR) is 63.1 cm³/mol. The fourth-order valence-electron chi connectivity index (χ4n) is 2.12. The van der Waals surface area contributed by atoms with E-state index in [1.54, 1.807) is 0 Å². The van der Waals surface area contributed by atoms with Crippen LogP contribution < -0.4 is 5.73 Å².